The first kappa shape index (κ1) is 12.2. The van der Waals surface area contributed by atoms with Gasteiger partial charge in [0.05, 0.1) is 0 Å². The smallest absolute Gasteiger partial charge is 0.138 e. The summed E-state index contributed by atoms with van der Waals surface area (Å²) >= 11 is 7.26. The van der Waals surface area contributed by atoms with Gasteiger partial charge in [-0.1, -0.05) is 16.1 Å². The van der Waals surface area contributed by atoms with Gasteiger partial charge in [-0.15, -0.1) is 5.10 Å². The Hall–Kier alpha value is -0.230. The van der Waals surface area contributed by atoms with Gasteiger partial charge in [0.15, 0.2) is 0 Å². The number of aromatic nitrogens is 2. The molecule has 0 aliphatic carbocycles. The van der Waals surface area contributed by atoms with Crippen LogP contribution in [-0.2, 0) is 6.54 Å². The molecule has 1 aliphatic rings. The maximum Gasteiger partial charge on any atom is 0.138 e. The summed E-state index contributed by atoms with van der Waals surface area (Å²) in [6, 6.07) is 0. The van der Waals surface area contributed by atoms with Crippen molar-refractivity contribution in [3.63, 3.8) is 0 Å². The monoisotopic (exact) mass is 260 g/mol. The van der Waals surface area contributed by atoms with Crippen LogP contribution in [0.5, 0.6) is 0 Å². The molecule has 0 spiro atoms. The van der Waals surface area contributed by atoms with Crippen LogP contribution in [0.25, 0.3) is 0 Å². The van der Waals surface area contributed by atoms with Crippen molar-refractivity contribution in [3.05, 3.63) is 10.0 Å². The second kappa shape index (κ2) is 5.91. The molecule has 90 valence electrons. The third kappa shape index (κ3) is 3.13. The molecule has 0 saturated carbocycles. The van der Waals surface area contributed by atoms with Crippen molar-refractivity contribution < 1.29 is 0 Å². The van der Waals surface area contributed by atoms with Crippen LogP contribution in [0.3, 0.4) is 0 Å². The van der Waals surface area contributed by atoms with Crippen LogP contribution in [0.1, 0.15) is 18.5 Å². The van der Waals surface area contributed by atoms with Crippen LogP contribution >= 0.6 is 23.1 Å². The molecule has 2 rings (SSSR count). The summed E-state index contributed by atoms with van der Waals surface area (Å²) in [5, 5.41) is 7.29. The van der Waals surface area contributed by atoms with Gasteiger partial charge in [-0.2, -0.15) is 0 Å². The average Bonchev–Trinajstić information content (AvgIpc) is 2.68. The fraction of sp³-hybridized carbons (Fsp3) is 0.800. The molecular formula is C10H17ClN4S. The van der Waals surface area contributed by atoms with Crippen LogP contribution in [0.15, 0.2) is 0 Å². The molecule has 6 heteroatoms. The van der Waals surface area contributed by atoms with Crippen molar-refractivity contribution in [2.75, 3.05) is 26.7 Å². The zero-order valence-electron chi connectivity index (χ0n) is 9.45. The third-order valence-electron chi connectivity index (χ3n) is 3.08. The number of nitrogens with zero attached hydrogens (tertiary/aromatic N) is 3. The van der Waals surface area contributed by atoms with E-state index in [1.807, 2.05) is 7.05 Å². The van der Waals surface area contributed by atoms with E-state index in [0.717, 1.165) is 42.1 Å². The Balaban J connectivity index is 1.79. The minimum Gasteiger partial charge on any atom is -0.319 e. The van der Waals surface area contributed by atoms with Gasteiger partial charge in [-0.05, 0) is 45.4 Å². The van der Waals surface area contributed by atoms with E-state index in [0.29, 0.717) is 0 Å². The molecule has 1 aromatic rings. The first-order chi connectivity index (χ1) is 7.79. The summed E-state index contributed by atoms with van der Waals surface area (Å²) in [7, 11) is 2.02. The first-order valence-electron chi connectivity index (χ1n) is 5.63. The van der Waals surface area contributed by atoms with E-state index in [2.05, 4.69) is 19.8 Å². The molecule has 1 saturated heterocycles. The molecule has 0 radical (unpaired) electrons. The summed E-state index contributed by atoms with van der Waals surface area (Å²) in [6.45, 7) is 4.26. The molecule has 0 bridgehead atoms. The Kier molecular flexibility index (Phi) is 4.52. The van der Waals surface area contributed by atoms with Crippen LogP contribution in [0.4, 0.5) is 0 Å². The third-order valence-corrected chi connectivity index (χ3v) is 4.07. The topological polar surface area (TPSA) is 41.0 Å². The Morgan fingerprint density at radius 1 is 1.50 bits per heavy atom. The maximum atomic E-state index is 5.99. The van der Waals surface area contributed by atoms with Crippen molar-refractivity contribution in [1.29, 1.82) is 0 Å². The van der Waals surface area contributed by atoms with Crippen LogP contribution in [0.2, 0.25) is 4.34 Å². The lowest BCUT2D eigenvalue weighted by Crippen LogP contribution is -2.36. The molecular weight excluding hydrogens is 244 g/mol. The van der Waals surface area contributed by atoms with Gasteiger partial charge < -0.3 is 5.32 Å². The van der Waals surface area contributed by atoms with Crippen molar-refractivity contribution >= 4 is 23.1 Å². The van der Waals surface area contributed by atoms with Crippen molar-refractivity contribution in [1.82, 2.24) is 19.8 Å². The first-order valence-corrected chi connectivity index (χ1v) is 6.78. The number of nitrogens with one attached hydrogen (secondary N) is 1. The van der Waals surface area contributed by atoms with Gasteiger partial charge in [0, 0.05) is 18.1 Å². The Bertz CT molecular complexity index is 322. The van der Waals surface area contributed by atoms with Gasteiger partial charge >= 0.3 is 0 Å². The summed E-state index contributed by atoms with van der Waals surface area (Å²) in [5.74, 6) is 0.824. The average molecular weight is 261 g/mol. The molecule has 1 aliphatic heterocycles. The molecule has 2 heterocycles. The molecule has 0 atom stereocenters. The highest BCUT2D eigenvalue weighted by Crippen LogP contribution is 2.22. The number of likely N-dealkylation sites (tertiary alicyclic amines) is 1. The molecule has 0 unspecified atom stereocenters. The van der Waals surface area contributed by atoms with Crippen LogP contribution < -0.4 is 5.32 Å². The number of piperidine rings is 1. The van der Waals surface area contributed by atoms with E-state index in [-0.39, 0.29) is 0 Å². The van der Waals surface area contributed by atoms with E-state index in [4.69, 9.17) is 11.6 Å². The summed E-state index contributed by atoms with van der Waals surface area (Å²) in [5.41, 5.74) is 0.929. The van der Waals surface area contributed by atoms with Gasteiger partial charge in [-0.25, -0.2) is 0 Å². The molecule has 1 N–H and O–H groups in total. The number of hydrogen-bond acceptors (Lipinski definition) is 5. The minimum atomic E-state index is 0.734. The van der Waals surface area contributed by atoms with Crippen molar-refractivity contribution in [2.45, 2.75) is 19.4 Å². The zero-order chi connectivity index (χ0) is 11.4. The summed E-state index contributed by atoms with van der Waals surface area (Å²) in [6.07, 6.45) is 2.52. The maximum absolute atomic E-state index is 5.99. The van der Waals surface area contributed by atoms with E-state index < -0.39 is 0 Å². The van der Waals surface area contributed by atoms with E-state index >= 15 is 0 Å². The Morgan fingerprint density at radius 2 is 2.25 bits per heavy atom. The molecule has 0 amide bonds. The predicted octanol–water partition coefficient (Wildman–Crippen LogP) is 1.62. The normalized spacial score (nSPS) is 19.1. The Morgan fingerprint density at radius 3 is 2.81 bits per heavy atom. The predicted molar refractivity (Wildman–Crippen MR) is 66.8 cm³/mol. The van der Waals surface area contributed by atoms with E-state index in [1.165, 1.54) is 24.4 Å². The van der Waals surface area contributed by atoms with Gasteiger partial charge in [-0.3, -0.25) is 4.90 Å². The van der Waals surface area contributed by atoms with E-state index in [9.17, 15) is 0 Å². The largest absolute Gasteiger partial charge is 0.319 e. The standard InChI is InChI=1S/C10H17ClN4S/c1-12-6-8-2-4-15(5-3-8)7-9-10(11)16-14-13-9/h8,12H,2-7H2,1H3. The molecule has 16 heavy (non-hydrogen) atoms. The second-order valence-electron chi connectivity index (χ2n) is 4.27. The highest BCUT2D eigenvalue weighted by molar-refractivity contribution is 7.10. The van der Waals surface area contributed by atoms with Crippen LogP contribution in [-0.4, -0.2) is 41.2 Å². The highest BCUT2D eigenvalue weighted by Gasteiger charge is 2.20. The van der Waals surface area contributed by atoms with Gasteiger partial charge in [0.25, 0.3) is 0 Å². The highest BCUT2D eigenvalue weighted by atomic mass is 35.5. The quantitative estimate of drug-likeness (QED) is 0.893. The Labute approximate surface area is 105 Å². The molecule has 1 fully saturated rings. The number of halogens is 1. The molecule has 1 aromatic heterocycles. The lowest BCUT2D eigenvalue weighted by Gasteiger charge is -2.31. The number of hydrogen-bond donors (Lipinski definition) is 1. The fourth-order valence-corrected chi connectivity index (χ4v) is 2.75. The van der Waals surface area contributed by atoms with Gasteiger partial charge in [0.2, 0.25) is 0 Å². The van der Waals surface area contributed by atoms with Crippen LogP contribution in [0, 0.1) is 5.92 Å². The lowest BCUT2D eigenvalue weighted by atomic mass is 9.97. The molecule has 0 aromatic carbocycles. The molecule has 4 nitrogen and oxygen atoms in total. The minimum absolute atomic E-state index is 0.734. The van der Waals surface area contributed by atoms with Crippen molar-refractivity contribution in [3.8, 4) is 0 Å². The summed E-state index contributed by atoms with van der Waals surface area (Å²) < 4.78 is 4.59. The summed E-state index contributed by atoms with van der Waals surface area (Å²) in [4.78, 5) is 2.41. The zero-order valence-corrected chi connectivity index (χ0v) is 11.0. The lowest BCUT2D eigenvalue weighted by molar-refractivity contribution is 0.175. The van der Waals surface area contributed by atoms with E-state index in [1.54, 1.807) is 0 Å². The second-order valence-corrected chi connectivity index (χ2v) is 5.63. The van der Waals surface area contributed by atoms with Gasteiger partial charge in [0.1, 0.15) is 10.0 Å². The number of rotatable bonds is 4. The SMILES string of the molecule is CNCC1CCN(Cc2nnsc2Cl)CC1. The fourth-order valence-electron chi connectivity index (χ4n) is 2.14. The van der Waals surface area contributed by atoms with Crippen molar-refractivity contribution in [2.24, 2.45) is 5.92 Å².